The highest BCUT2D eigenvalue weighted by Crippen LogP contribution is 2.18. The van der Waals surface area contributed by atoms with Gasteiger partial charge >= 0.3 is 0 Å². The summed E-state index contributed by atoms with van der Waals surface area (Å²) in [6, 6.07) is 7.60. The second-order valence-electron chi connectivity index (χ2n) is 6.18. The molecule has 3 nitrogen and oxygen atoms in total. The number of rotatable bonds is 6. The lowest BCUT2D eigenvalue weighted by atomic mass is 10.0. The van der Waals surface area contributed by atoms with Crippen molar-refractivity contribution in [3.8, 4) is 0 Å². The molecular weight excluding hydrogens is 265 g/mol. The third kappa shape index (κ3) is 5.06. The van der Waals surface area contributed by atoms with Crippen molar-refractivity contribution in [2.45, 2.75) is 32.4 Å². The SMILES string of the molecule is CC[C@@H](N[C@@H](C)CN1CCN(C)CC1)c1ccc(F)cc1. The summed E-state index contributed by atoms with van der Waals surface area (Å²) >= 11 is 0. The molecule has 0 saturated carbocycles. The van der Waals surface area contributed by atoms with E-state index in [0.717, 1.165) is 39.1 Å². The highest BCUT2D eigenvalue weighted by Gasteiger charge is 2.18. The Hall–Kier alpha value is -0.970. The first-order chi connectivity index (χ1) is 10.1. The summed E-state index contributed by atoms with van der Waals surface area (Å²) in [4.78, 5) is 4.90. The van der Waals surface area contributed by atoms with Crippen molar-refractivity contribution in [3.05, 3.63) is 35.6 Å². The number of piperazine rings is 1. The van der Waals surface area contributed by atoms with E-state index in [2.05, 4.69) is 36.0 Å². The molecule has 0 unspecified atom stereocenters. The Morgan fingerprint density at radius 2 is 1.76 bits per heavy atom. The molecule has 0 aliphatic carbocycles. The van der Waals surface area contributed by atoms with E-state index < -0.39 is 0 Å². The van der Waals surface area contributed by atoms with Crippen molar-refractivity contribution in [1.82, 2.24) is 15.1 Å². The van der Waals surface area contributed by atoms with Crippen LogP contribution in [0.25, 0.3) is 0 Å². The summed E-state index contributed by atoms with van der Waals surface area (Å²) in [5.41, 5.74) is 1.17. The zero-order valence-corrected chi connectivity index (χ0v) is 13.5. The lowest BCUT2D eigenvalue weighted by molar-refractivity contribution is 0.142. The van der Waals surface area contributed by atoms with Gasteiger partial charge in [-0.05, 0) is 38.1 Å². The van der Waals surface area contributed by atoms with Gasteiger partial charge in [0.15, 0.2) is 0 Å². The van der Waals surface area contributed by atoms with E-state index in [1.165, 1.54) is 5.56 Å². The number of hydrogen-bond donors (Lipinski definition) is 1. The fraction of sp³-hybridized carbons (Fsp3) is 0.647. The fourth-order valence-electron chi connectivity index (χ4n) is 2.96. The summed E-state index contributed by atoms with van der Waals surface area (Å²) < 4.78 is 13.0. The highest BCUT2D eigenvalue weighted by atomic mass is 19.1. The van der Waals surface area contributed by atoms with Gasteiger partial charge in [0.2, 0.25) is 0 Å². The zero-order chi connectivity index (χ0) is 15.2. The fourth-order valence-corrected chi connectivity index (χ4v) is 2.96. The van der Waals surface area contributed by atoms with Gasteiger partial charge in [-0.2, -0.15) is 0 Å². The monoisotopic (exact) mass is 293 g/mol. The molecule has 0 aromatic heterocycles. The van der Waals surface area contributed by atoms with Crippen LogP contribution in [0.4, 0.5) is 4.39 Å². The number of benzene rings is 1. The Kier molecular flexibility index (Phi) is 6.15. The Morgan fingerprint density at radius 1 is 1.14 bits per heavy atom. The standard InChI is InChI=1S/C17H28FN3/c1-4-17(15-5-7-16(18)8-6-15)19-14(2)13-21-11-9-20(3)10-12-21/h5-8,14,17,19H,4,9-13H2,1-3H3/t14-,17+/m0/s1. The van der Waals surface area contributed by atoms with E-state index in [-0.39, 0.29) is 5.82 Å². The summed E-state index contributed by atoms with van der Waals surface area (Å²) in [6.45, 7) is 10.1. The molecule has 0 bridgehead atoms. The quantitative estimate of drug-likeness (QED) is 0.869. The van der Waals surface area contributed by atoms with Gasteiger partial charge in [-0.15, -0.1) is 0 Å². The molecule has 2 rings (SSSR count). The van der Waals surface area contributed by atoms with Crippen molar-refractivity contribution in [2.75, 3.05) is 39.8 Å². The molecule has 1 N–H and O–H groups in total. The second-order valence-corrected chi connectivity index (χ2v) is 6.18. The van der Waals surface area contributed by atoms with Crippen molar-refractivity contribution in [3.63, 3.8) is 0 Å². The Morgan fingerprint density at radius 3 is 2.33 bits per heavy atom. The smallest absolute Gasteiger partial charge is 0.123 e. The van der Waals surface area contributed by atoms with Crippen molar-refractivity contribution in [2.24, 2.45) is 0 Å². The minimum Gasteiger partial charge on any atom is -0.306 e. The molecule has 1 saturated heterocycles. The maximum Gasteiger partial charge on any atom is 0.123 e. The minimum atomic E-state index is -0.168. The number of nitrogens with zero attached hydrogens (tertiary/aromatic N) is 2. The first kappa shape index (κ1) is 16.4. The Bertz CT molecular complexity index is 413. The van der Waals surface area contributed by atoms with Crippen LogP contribution in [0.15, 0.2) is 24.3 Å². The molecule has 2 atom stereocenters. The summed E-state index contributed by atoms with van der Waals surface area (Å²) in [5.74, 6) is -0.168. The number of hydrogen-bond acceptors (Lipinski definition) is 3. The van der Waals surface area contributed by atoms with Gasteiger partial charge in [-0.25, -0.2) is 4.39 Å². The molecule has 1 aromatic carbocycles. The lowest BCUT2D eigenvalue weighted by Crippen LogP contribution is -2.49. The van der Waals surface area contributed by atoms with Crippen LogP contribution in [-0.2, 0) is 0 Å². The third-order valence-corrected chi connectivity index (χ3v) is 4.29. The molecule has 0 spiro atoms. The zero-order valence-electron chi connectivity index (χ0n) is 13.5. The number of halogens is 1. The van der Waals surface area contributed by atoms with Gasteiger partial charge in [0.1, 0.15) is 5.82 Å². The molecule has 1 heterocycles. The molecule has 1 aromatic rings. The normalized spacial score (nSPS) is 20.4. The van der Waals surface area contributed by atoms with E-state index in [1.54, 1.807) is 12.1 Å². The van der Waals surface area contributed by atoms with Crippen LogP contribution in [0.2, 0.25) is 0 Å². The largest absolute Gasteiger partial charge is 0.306 e. The topological polar surface area (TPSA) is 18.5 Å². The van der Waals surface area contributed by atoms with Crippen LogP contribution >= 0.6 is 0 Å². The summed E-state index contributed by atoms with van der Waals surface area (Å²) in [5, 5.41) is 3.68. The van der Waals surface area contributed by atoms with Gasteiger partial charge < -0.3 is 10.2 Å². The van der Waals surface area contributed by atoms with Crippen LogP contribution in [0.5, 0.6) is 0 Å². The molecule has 21 heavy (non-hydrogen) atoms. The average Bonchev–Trinajstić information content (AvgIpc) is 2.48. The molecule has 0 amide bonds. The van der Waals surface area contributed by atoms with E-state index in [0.29, 0.717) is 12.1 Å². The second kappa shape index (κ2) is 7.87. The molecular formula is C17H28FN3. The summed E-state index contributed by atoms with van der Waals surface area (Å²) in [6.07, 6.45) is 1.01. The maximum absolute atomic E-state index is 13.0. The molecule has 118 valence electrons. The van der Waals surface area contributed by atoms with Gasteiger partial charge in [-0.1, -0.05) is 19.1 Å². The van der Waals surface area contributed by atoms with Gasteiger partial charge in [-0.3, -0.25) is 4.90 Å². The number of likely N-dealkylation sites (N-methyl/N-ethyl adjacent to an activating group) is 1. The Balaban J connectivity index is 1.84. The van der Waals surface area contributed by atoms with Crippen molar-refractivity contribution in [1.29, 1.82) is 0 Å². The highest BCUT2D eigenvalue weighted by molar-refractivity contribution is 5.19. The van der Waals surface area contributed by atoms with Gasteiger partial charge in [0.25, 0.3) is 0 Å². The molecule has 1 aliphatic heterocycles. The predicted molar refractivity (Wildman–Crippen MR) is 86.0 cm³/mol. The maximum atomic E-state index is 13.0. The van der Waals surface area contributed by atoms with Crippen molar-refractivity contribution < 1.29 is 4.39 Å². The van der Waals surface area contributed by atoms with Crippen LogP contribution in [-0.4, -0.2) is 55.6 Å². The van der Waals surface area contributed by atoms with E-state index in [9.17, 15) is 4.39 Å². The third-order valence-electron chi connectivity index (χ3n) is 4.29. The van der Waals surface area contributed by atoms with E-state index in [4.69, 9.17) is 0 Å². The van der Waals surface area contributed by atoms with E-state index in [1.807, 2.05) is 12.1 Å². The lowest BCUT2D eigenvalue weighted by Gasteiger charge is -2.35. The van der Waals surface area contributed by atoms with E-state index >= 15 is 0 Å². The first-order valence-corrected chi connectivity index (χ1v) is 8.01. The van der Waals surface area contributed by atoms with Crippen LogP contribution in [0.3, 0.4) is 0 Å². The van der Waals surface area contributed by atoms with Crippen LogP contribution in [0.1, 0.15) is 31.9 Å². The van der Waals surface area contributed by atoms with Crippen LogP contribution < -0.4 is 5.32 Å². The summed E-state index contributed by atoms with van der Waals surface area (Å²) in [7, 11) is 2.18. The number of nitrogens with one attached hydrogen (secondary N) is 1. The van der Waals surface area contributed by atoms with Crippen molar-refractivity contribution >= 4 is 0 Å². The van der Waals surface area contributed by atoms with Crippen LogP contribution in [0, 0.1) is 5.82 Å². The first-order valence-electron chi connectivity index (χ1n) is 8.01. The predicted octanol–water partition coefficient (Wildman–Crippen LogP) is 2.50. The Labute approximate surface area is 128 Å². The minimum absolute atomic E-state index is 0.168. The molecule has 0 radical (unpaired) electrons. The molecule has 4 heteroatoms. The molecule has 1 fully saturated rings. The van der Waals surface area contributed by atoms with Gasteiger partial charge in [0, 0.05) is 44.8 Å². The molecule has 1 aliphatic rings. The average molecular weight is 293 g/mol. The van der Waals surface area contributed by atoms with Gasteiger partial charge in [0.05, 0.1) is 0 Å².